The van der Waals surface area contributed by atoms with E-state index in [0.29, 0.717) is 21.4 Å². The average Bonchev–Trinajstić information content (AvgIpc) is 2.87. The summed E-state index contributed by atoms with van der Waals surface area (Å²) in [6, 6.07) is 15.0. The lowest BCUT2D eigenvalue weighted by atomic mass is 10.1. The fourth-order valence-electron chi connectivity index (χ4n) is 2.06. The highest BCUT2D eigenvalue weighted by atomic mass is 35.5. The first-order valence-electron chi connectivity index (χ1n) is 6.32. The van der Waals surface area contributed by atoms with Crippen LogP contribution in [0, 0.1) is 0 Å². The third-order valence-corrected chi connectivity index (χ3v) is 4.58. The van der Waals surface area contributed by atoms with Crippen LogP contribution in [0.15, 0.2) is 53.6 Å². The van der Waals surface area contributed by atoms with E-state index < -0.39 is 0 Å². The Kier molecular flexibility index (Phi) is 4.24. The van der Waals surface area contributed by atoms with Gasteiger partial charge in [0.25, 0.3) is 0 Å². The van der Waals surface area contributed by atoms with Crippen LogP contribution < -0.4 is 0 Å². The predicted octanol–water partition coefficient (Wildman–Crippen LogP) is 5.45. The van der Waals surface area contributed by atoms with Crippen LogP contribution in [-0.4, -0.2) is 16.5 Å². The number of thioether (sulfide) groups is 1. The van der Waals surface area contributed by atoms with Crippen molar-refractivity contribution >= 4 is 51.6 Å². The fourth-order valence-corrected chi connectivity index (χ4v) is 3.41. The van der Waals surface area contributed by atoms with Crippen LogP contribution in [0.3, 0.4) is 0 Å². The fraction of sp³-hybridized carbons (Fsp3) is 0.0625. The Hall–Kier alpha value is -1.42. The molecule has 0 aliphatic heterocycles. The minimum Gasteiger partial charge on any atom is -0.350 e. The molecule has 0 fully saturated rings. The zero-order valence-corrected chi connectivity index (χ0v) is 13.2. The number of rotatable bonds is 4. The van der Waals surface area contributed by atoms with E-state index in [9.17, 15) is 4.79 Å². The number of fused-ring (bicyclic) bond motifs is 1. The molecule has 0 radical (unpaired) electrons. The van der Waals surface area contributed by atoms with E-state index >= 15 is 0 Å². The van der Waals surface area contributed by atoms with Gasteiger partial charge in [-0.2, -0.15) is 0 Å². The van der Waals surface area contributed by atoms with Crippen molar-refractivity contribution in [3.8, 4) is 0 Å². The monoisotopic (exact) mass is 335 g/mol. The minimum atomic E-state index is -0.0136. The van der Waals surface area contributed by atoms with Gasteiger partial charge in [-0.05, 0) is 30.3 Å². The molecular formula is C16H11Cl2NOS. The predicted molar refractivity (Wildman–Crippen MR) is 89.8 cm³/mol. The Morgan fingerprint density at radius 2 is 1.90 bits per heavy atom. The van der Waals surface area contributed by atoms with Crippen molar-refractivity contribution < 1.29 is 4.79 Å². The van der Waals surface area contributed by atoms with Crippen LogP contribution >= 0.6 is 35.0 Å². The highest BCUT2D eigenvalue weighted by Gasteiger charge is 2.12. The molecule has 1 aromatic heterocycles. The standard InChI is InChI=1S/C16H11Cl2NOS/c17-11-5-6-12(13(18)8-11)15(20)9-21-16-7-10-3-1-2-4-14(10)19-16/h1-8,19H,9H2. The van der Waals surface area contributed by atoms with Crippen LogP contribution in [0.2, 0.25) is 10.0 Å². The van der Waals surface area contributed by atoms with E-state index in [0.717, 1.165) is 15.9 Å². The number of aromatic nitrogens is 1. The van der Waals surface area contributed by atoms with E-state index in [1.807, 2.05) is 30.3 Å². The molecule has 0 atom stereocenters. The molecule has 5 heteroatoms. The molecule has 0 saturated heterocycles. The number of benzene rings is 2. The highest BCUT2D eigenvalue weighted by molar-refractivity contribution is 8.00. The first kappa shape index (κ1) is 14.5. The van der Waals surface area contributed by atoms with Gasteiger partial charge >= 0.3 is 0 Å². The normalized spacial score (nSPS) is 11.0. The van der Waals surface area contributed by atoms with E-state index in [2.05, 4.69) is 4.98 Å². The summed E-state index contributed by atoms with van der Waals surface area (Å²) >= 11 is 13.3. The number of carbonyl (C=O) groups excluding carboxylic acids is 1. The average molecular weight is 336 g/mol. The van der Waals surface area contributed by atoms with Gasteiger partial charge in [0.1, 0.15) is 0 Å². The maximum atomic E-state index is 12.2. The van der Waals surface area contributed by atoms with Crippen molar-refractivity contribution in [2.75, 3.05) is 5.75 Å². The number of Topliss-reactive ketones (excluding diaryl/α,β-unsaturated/α-hetero) is 1. The van der Waals surface area contributed by atoms with Crippen LogP contribution in [0.4, 0.5) is 0 Å². The van der Waals surface area contributed by atoms with Crippen molar-refractivity contribution in [2.45, 2.75) is 5.03 Å². The van der Waals surface area contributed by atoms with Crippen molar-refractivity contribution in [3.05, 3.63) is 64.1 Å². The molecule has 2 nitrogen and oxygen atoms in total. The molecule has 0 aliphatic carbocycles. The minimum absolute atomic E-state index is 0.0136. The SMILES string of the molecule is O=C(CSc1cc2ccccc2[nH]1)c1ccc(Cl)cc1Cl. The molecule has 0 amide bonds. The number of ketones is 1. The van der Waals surface area contributed by atoms with Crippen LogP contribution in [0.25, 0.3) is 10.9 Å². The Bertz CT molecular complexity index is 780. The van der Waals surface area contributed by atoms with Gasteiger partial charge < -0.3 is 4.98 Å². The summed E-state index contributed by atoms with van der Waals surface area (Å²) in [5.41, 5.74) is 1.57. The molecule has 0 bridgehead atoms. The molecule has 1 N–H and O–H groups in total. The summed E-state index contributed by atoms with van der Waals surface area (Å²) in [5, 5.41) is 3.02. The largest absolute Gasteiger partial charge is 0.350 e. The molecular weight excluding hydrogens is 325 g/mol. The second kappa shape index (κ2) is 6.14. The third-order valence-electron chi connectivity index (χ3n) is 3.10. The Balaban J connectivity index is 1.73. The van der Waals surface area contributed by atoms with Gasteiger partial charge in [0.05, 0.1) is 15.8 Å². The van der Waals surface area contributed by atoms with Crippen molar-refractivity contribution in [1.29, 1.82) is 0 Å². The van der Waals surface area contributed by atoms with Crippen LogP contribution in [0.1, 0.15) is 10.4 Å². The van der Waals surface area contributed by atoms with Gasteiger partial charge in [-0.25, -0.2) is 0 Å². The molecule has 3 aromatic rings. The number of halogens is 2. The van der Waals surface area contributed by atoms with E-state index in [4.69, 9.17) is 23.2 Å². The summed E-state index contributed by atoms with van der Waals surface area (Å²) < 4.78 is 0. The number of carbonyl (C=O) groups is 1. The number of nitrogens with one attached hydrogen (secondary N) is 1. The molecule has 0 aliphatic rings. The zero-order chi connectivity index (χ0) is 14.8. The topological polar surface area (TPSA) is 32.9 Å². The van der Waals surface area contributed by atoms with Gasteiger partial charge in [-0.1, -0.05) is 41.4 Å². The first-order chi connectivity index (χ1) is 10.1. The van der Waals surface area contributed by atoms with Gasteiger partial charge in [-0.15, -0.1) is 11.8 Å². The molecule has 106 valence electrons. The molecule has 21 heavy (non-hydrogen) atoms. The molecule has 1 heterocycles. The summed E-state index contributed by atoms with van der Waals surface area (Å²) in [5.74, 6) is 0.314. The maximum Gasteiger partial charge on any atom is 0.174 e. The number of hydrogen-bond acceptors (Lipinski definition) is 2. The first-order valence-corrected chi connectivity index (χ1v) is 8.06. The molecule has 0 unspecified atom stereocenters. The Morgan fingerprint density at radius 1 is 1.10 bits per heavy atom. The van der Waals surface area contributed by atoms with Crippen molar-refractivity contribution in [1.82, 2.24) is 4.98 Å². The quantitative estimate of drug-likeness (QED) is 0.508. The molecule has 0 spiro atoms. The lowest BCUT2D eigenvalue weighted by Crippen LogP contribution is -2.03. The van der Waals surface area contributed by atoms with E-state index in [-0.39, 0.29) is 5.78 Å². The second-order valence-corrected chi connectivity index (χ2v) is 6.42. The number of hydrogen-bond donors (Lipinski definition) is 1. The van der Waals surface area contributed by atoms with E-state index in [1.54, 1.807) is 18.2 Å². The molecule has 3 rings (SSSR count). The second-order valence-electron chi connectivity index (χ2n) is 4.56. The lowest BCUT2D eigenvalue weighted by molar-refractivity contribution is 0.102. The molecule has 2 aromatic carbocycles. The maximum absolute atomic E-state index is 12.2. The summed E-state index contributed by atoms with van der Waals surface area (Å²) in [4.78, 5) is 15.5. The summed E-state index contributed by atoms with van der Waals surface area (Å²) in [6.45, 7) is 0. The highest BCUT2D eigenvalue weighted by Crippen LogP contribution is 2.26. The van der Waals surface area contributed by atoms with Gasteiger partial charge in [-0.3, -0.25) is 4.79 Å². The Labute approximate surface area is 136 Å². The number of aromatic amines is 1. The van der Waals surface area contributed by atoms with Crippen LogP contribution in [0.5, 0.6) is 0 Å². The van der Waals surface area contributed by atoms with Crippen molar-refractivity contribution in [3.63, 3.8) is 0 Å². The third kappa shape index (κ3) is 3.26. The van der Waals surface area contributed by atoms with Crippen molar-refractivity contribution in [2.24, 2.45) is 0 Å². The van der Waals surface area contributed by atoms with Crippen LogP contribution in [-0.2, 0) is 0 Å². The zero-order valence-electron chi connectivity index (χ0n) is 10.9. The van der Waals surface area contributed by atoms with Gasteiger partial charge in [0, 0.05) is 21.5 Å². The van der Waals surface area contributed by atoms with Gasteiger partial charge in [0.2, 0.25) is 0 Å². The van der Waals surface area contributed by atoms with E-state index in [1.165, 1.54) is 11.8 Å². The van der Waals surface area contributed by atoms with Gasteiger partial charge in [0.15, 0.2) is 5.78 Å². The molecule has 0 saturated carbocycles. The summed E-state index contributed by atoms with van der Waals surface area (Å²) in [6.07, 6.45) is 0. The number of H-pyrrole nitrogens is 1. The smallest absolute Gasteiger partial charge is 0.174 e. The lowest BCUT2D eigenvalue weighted by Gasteiger charge is -2.03. The number of para-hydroxylation sites is 1. The summed E-state index contributed by atoms with van der Waals surface area (Å²) in [7, 11) is 0. The Morgan fingerprint density at radius 3 is 2.67 bits per heavy atom.